The van der Waals surface area contributed by atoms with Crippen molar-refractivity contribution in [2.24, 2.45) is 0 Å². The number of ether oxygens (including phenoxy) is 1. The van der Waals surface area contributed by atoms with Crippen LogP contribution in [-0.4, -0.2) is 19.1 Å². The maximum absolute atomic E-state index is 7.91. The summed E-state index contributed by atoms with van der Waals surface area (Å²) in [4.78, 5) is 13.4. The molecule has 3 aromatic heterocycles. The van der Waals surface area contributed by atoms with Gasteiger partial charge in [-0.2, -0.15) is 0 Å². The van der Waals surface area contributed by atoms with E-state index in [0.717, 1.165) is 55.8 Å². The van der Waals surface area contributed by atoms with Crippen LogP contribution in [0.3, 0.4) is 0 Å². The molecule has 3 heterocycles. The van der Waals surface area contributed by atoms with Gasteiger partial charge < -0.3 is 4.74 Å². The normalized spacial score (nSPS) is 11.4. The van der Waals surface area contributed by atoms with Crippen LogP contribution in [0.25, 0.3) is 60.7 Å². The summed E-state index contributed by atoms with van der Waals surface area (Å²) in [6, 6.07) is 39.3. The summed E-state index contributed by atoms with van der Waals surface area (Å²) in [6.45, 7) is 16.6. The smallest absolute Gasteiger partial charge is 0.191 e. The first-order valence-corrected chi connectivity index (χ1v) is 16.8. The molecule has 0 amide bonds. The number of hydrogen-bond acceptors (Lipinski definition) is 3. The van der Waals surface area contributed by atoms with Gasteiger partial charge in [0.2, 0.25) is 0 Å². The number of aromatic nitrogens is 4. The Bertz CT molecular complexity index is 2560. The van der Waals surface area contributed by atoms with Crippen molar-refractivity contribution in [3.05, 3.63) is 162 Å². The number of hydrogen-bond donors (Lipinski definition) is 0. The highest BCUT2D eigenvalue weighted by molar-refractivity contribution is 6.09. The van der Waals surface area contributed by atoms with Gasteiger partial charge in [-0.3, -0.25) is 9.13 Å². The lowest BCUT2D eigenvalue weighted by Gasteiger charge is -2.17. The second kappa shape index (κ2) is 12.5. The fraction of sp³-hybridized carbons (Fsp3) is 0.114. The summed E-state index contributed by atoms with van der Waals surface area (Å²) in [6.07, 6.45) is 5.67. The zero-order chi connectivity index (χ0) is 34.4. The number of benzene rings is 5. The quantitative estimate of drug-likeness (QED) is 0.161. The molecule has 0 aliphatic carbocycles. The number of fused-ring (bicyclic) bond motifs is 3. The molecule has 0 unspecified atom stereocenters. The first kappa shape index (κ1) is 30.9. The molecule has 8 aromatic rings. The van der Waals surface area contributed by atoms with Crippen molar-refractivity contribution in [1.82, 2.24) is 19.1 Å². The molecule has 6 heteroatoms. The first-order valence-electron chi connectivity index (χ1n) is 16.8. The Morgan fingerprint density at radius 3 is 2.20 bits per heavy atom. The molecule has 0 fully saturated rings. The van der Waals surface area contributed by atoms with E-state index in [1.54, 1.807) is 12.3 Å². The van der Waals surface area contributed by atoms with Gasteiger partial charge in [-0.15, -0.1) is 0 Å². The van der Waals surface area contributed by atoms with Gasteiger partial charge in [-0.25, -0.2) is 14.8 Å². The van der Waals surface area contributed by atoms with Crippen molar-refractivity contribution in [2.75, 3.05) is 0 Å². The lowest BCUT2D eigenvalue weighted by Crippen LogP contribution is -2.02. The first-order chi connectivity index (χ1) is 24.4. The van der Waals surface area contributed by atoms with E-state index in [-0.39, 0.29) is 0 Å². The Morgan fingerprint density at radius 2 is 1.42 bits per heavy atom. The van der Waals surface area contributed by atoms with Crippen LogP contribution >= 0.6 is 0 Å². The summed E-state index contributed by atoms with van der Waals surface area (Å²) in [5.41, 5.74) is 10.3. The van der Waals surface area contributed by atoms with E-state index in [1.807, 2.05) is 36.7 Å². The molecule has 0 aliphatic rings. The number of nitrogens with zero attached hydrogens (tertiary/aromatic N) is 5. The number of aryl methyl sites for hydroxylation is 2. The molecule has 50 heavy (non-hydrogen) atoms. The highest BCUT2D eigenvalue weighted by Gasteiger charge is 2.18. The van der Waals surface area contributed by atoms with E-state index in [4.69, 9.17) is 21.3 Å². The van der Waals surface area contributed by atoms with Gasteiger partial charge in [-0.1, -0.05) is 62.4 Å². The molecule has 5 aromatic carbocycles. The Balaban J connectivity index is 1.20. The molecule has 0 radical (unpaired) electrons. The highest BCUT2D eigenvalue weighted by atomic mass is 16.5. The lowest BCUT2D eigenvalue weighted by atomic mass is 9.98. The van der Waals surface area contributed by atoms with Crippen LogP contribution in [0.2, 0.25) is 0 Å². The Labute approximate surface area is 291 Å². The van der Waals surface area contributed by atoms with Gasteiger partial charge in [0, 0.05) is 41.0 Å². The van der Waals surface area contributed by atoms with Gasteiger partial charge in [0.25, 0.3) is 0 Å². The molecule has 8 rings (SSSR count). The third-order valence-corrected chi connectivity index (χ3v) is 9.30. The SMILES string of the molecule is [C-]#[N+]c1cc(Oc2ccc3c4ccccc4n(-c4cc(C(C)C)ccn4)c3c2)cc(-c2nccn2-c2c(C)cc(-c3ccccc3)cc2C)c1. The van der Waals surface area contributed by atoms with Crippen LogP contribution in [-0.2, 0) is 0 Å². The van der Waals surface area contributed by atoms with Crippen LogP contribution in [0.15, 0.2) is 134 Å². The maximum atomic E-state index is 7.91. The van der Waals surface area contributed by atoms with E-state index in [0.29, 0.717) is 23.1 Å². The fourth-order valence-corrected chi connectivity index (χ4v) is 6.98. The number of para-hydroxylation sites is 1. The van der Waals surface area contributed by atoms with Crippen LogP contribution in [0, 0.1) is 20.4 Å². The molecule has 0 bridgehead atoms. The second-order valence-electron chi connectivity index (χ2n) is 13.0. The zero-order valence-electron chi connectivity index (χ0n) is 28.4. The maximum Gasteiger partial charge on any atom is 0.191 e. The Morgan fingerprint density at radius 1 is 0.660 bits per heavy atom. The van der Waals surface area contributed by atoms with Crippen LogP contribution in [0.1, 0.15) is 36.5 Å². The predicted molar refractivity (Wildman–Crippen MR) is 203 cm³/mol. The van der Waals surface area contributed by atoms with Gasteiger partial charge >= 0.3 is 0 Å². The highest BCUT2D eigenvalue weighted by Crippen LogP contribution is 2.38. The average molecular weight is 650 g/mol. The molecule has 0 N–H and O–H groups in total. The molecular weight excluding hydrogens is 615 g/mol. The van der Waals surface area contributed by atoms with Crippen molar-refractivity contribution in [2.45, 2.75) is 33.6 Å². The summed E-state index contributed by atoms with van der Waals surface area (Å²) in [5, 5.41) is 2.27. The molecule has 0 saturated carbocycles. The summed E-state index contributed by atoms with van der Waals surface area (Å²) in [5.74, 6) is 3.22. The monoisotopic (exact) mass is 649 g/mol. The summed E-state index contributed by atoms with van der Waals surface area (Å²) >= 11 is 0. The summed E-state index contributed by atoms with van der Waals surface area (Å²) in [7, 11) is 0. The average Bonchev–Trinajstić information content (AvgIpc) is 3.74. The van der Waals surface area contributed by atoms with Gasteiger partial charge in [0.15, 0.2) is 5.69 Å². The van der Waals surface area contributed by atoms with Crippen molar-refractivity contribution >= 4 is 27.5 Å². The Kier molecular flexibility index (Phi) is 7.74. The number of rotatable bonds is 7. The zero-order valence-corrected chi connectivity index (χ0v) is 28.4. The predicted octanol–water partition coefficient (Wildman–Crippen LogP) is 11.8. The second-order valence-corrected chi connectivity index (χ2v) is 13.0. The van der Waals surface area contributed by atoms with Crippen LogP contribution in [0.5, 0.6) is 11.5 Å². The van der Waals surface area contributed by atoms with E-state index in [9.17, 15) is 0 Å². The van der Waals surface area contributed by atoms with Crippen molar-refractivity contribution in [3.8, 4) is 45.5 Å². The molecular formula is C44H35N5O. The molecule has 0 spiro atoms. The molecule has 6 nitrogen and oxygen atoms in total. The minimum Gasteiger partial charge on any atom is -0.459 e. The van der Waals surface area contributed by atoms with Gasteiger partial charge in [0.1, 0.15) is 23.1 Å². The van der Waals surface area contributed by atoms with Crippen LogP contribution in [0.4, 0.5) is 5.69 Å². The standard InChI is InChI=1S/C44H35N5O/c1-28(2)32-17-18-46-42(25-32)49-40-14-10-9-13-38(40)39-16-15-36(27-41(39)49)50-37-24-34(23-35(26-37)45-5)44-47-19-20-48(44)43-29(3)21-33(22-30(43)4)31-11-7-6-8-12-31/h6-28H,1-4H3. The topological polar surface area (TPSA) is 49.2 Å². The Hall–Kier alpha value is -6.45. The molecule has 0 saturated heterocycles. The minimum atomic E-state index is 0.379. The van der Waals surface area contributed by atoms with E-state index in [1.165, 1.54) is 16.7 Å². The number of imidazole rings is 1. The van der Waals surface area contributed by atoms with Gasteiger partial charge in [-0.05, 0) is 108 Å². The third-order valence-electron chi connectivity index (χ3n) is 9.30. The minimum absolute atomic E-state index is 0.379. The molecule has 0 atom stereocenters. The van der Waals surface area contributed by atoms with Crippen LogP contribution < -0.4 is 4.74 Å². The van der Waals surface area contributed by atoms with Crippen molar-refractivity contribution in [3.63, 3.8) is 0 Å². The third kappa shape index (κ3) is 5.49. The molecule has 242 valence electrons. The van der Waals surface area contributed by atoms with Crippen molar-refractivity contribution in [1.29, 1.82) is 0 Å². The van der Waals surface area contributed by atoms with E-state index < -0.39 is 0 Å². The lowest BCUT2D eigenvalue weighted by molar-refractivity contribution is 0.484. The van der Waals surface area contributed by atoms with E-state index >= 15 is 0 Å². The number of pyridine rings is 1. The van der Waals surface area contributed by atoms with Crippen molar-refractivity contribution < 1.29 is 4.74 Å². The fourth-order valence-electron chi connectivity index (χ4n) is 6.98. The van der Waals surface area contributed by atoms with Gasteiger partial charge in [0.05, 0.1) is 23.3 Å². The summed E-state index contributed by atoms with van der Waals surface area (Å²) < 4.78 is 10.9. The largest absolute Gasteiger partial charge is 0.459 e. The molecule has 0 aliphatic heterocycles. The van der Waals surface area contributed by atoms with E-state index in [2.05, 4.69) is 127 Å².